The number of amides is 1. The summed E-state index contributed by atoms with van der Waals surface area (Å²) in [5, 5.41) is 3.03. The van der Waals surface area contributed by atoms with Crippen molar-refractivity contribution < 1.29 is 9.53 Å². The van der Waals surface area contributed by atoms with Crippen LogP contribution < -0.4 is 21.3 Å². The van der Waals surface area contributed by atoms with Gasteiger partial charge in [-0.1, -0.05) is 17.7 Å². The summed E-state index contributed by atoms with van der Waals surface area (Å²) in [5.74, 6) is -0.0428. The van der Waals surface area contributed by atoms with Crippen LogP contribution in [0.4, 0.5) is 5.69 Å². The van der Waals surface area contributed by atoms with E-state index < -0.39 is 17.2 Å². The lowest BCUT2D eigenvalue weighted by atomic mass is 10.2. The molecule has 1 aromatic heterocycles. The number of nitrogens with one attached hydrogen (secondary N) is 2. The highest BCUT2D eigenvalue weighted by atomic mass is 35.5. The van der Waals surface area contributed by atoms with Gasteiger partial charge in [-0.3, -0.25) is 9.59 Å². The number of rotatable bonds is 5. The summed E-state index contributed by atoms with van der Waals surface area (Å²) >= 11 is 5.89. The topological polar surface area (TPSA) is 93.2 Å². The Kier molecular flexibility index (Phi) is 5.42. The van der Waals surface area contributed by atoms with E-state index >= 15 is 0 Å². The fraction of sp³-hybridized carbons (Fsp3) is 0.105. The van der Waals surface area contributed by atoms with Crippen LogP contribution in [-0.4, -0.2) is 22.1 Å². The SMILES string of the molecule is CCOc1ccc(-n2c(=O)[nH]cc(C(=O)Nc3cccc(Cl)c3)c2=O)cc1. The molecule has 3 rings (SSSR count). The van der Waals surface area contributed by atoms with E-state index in [-0.39, 0.29) is 5.56 Å². The zero-order valence-corrected chi connectivity index (χ0v) is 15.1. The first-order valence-electron chi connectivity index (χ1n) is 8.14. The zero-order valence-electron chi connectivity index (χ0n) is 14.4. The number of hydrogen-bond acceptors (Lipinski definition) is 4. The second-order valence-corrected chi connectivity index (χ2v) is 5.98. The second kappa shape index (κ2) is 7.92. The number of halogens is 1. The molecule has 0 saturated carbocycles. The standard InChI is InChI=1S/C19H16ClN3O4/c1-2-27-15-8-6-14(7-9-15)23-18(25)16(11-21-19(23)26)17(24)22-13-5-3-4-12(20)10-13/h3-11H,2H2,1H3,(H,21,26)(H,22,24). The van der Waals surface area contributed by atoms with Crippen LogP contribution in [0.15, 0.2) is 64.3 Å². The van der Waals surface area contributed by atoms with Gasteiger partial charge in [0, 0.05) is 16.9 Å². The largest absolute Gasteiger partial charge is 0.494 e. The van der Waals surface area contributed by atoms with Crippen LogP contribution in [0.5, 0.6) is 5.75 Å². The van der Waals surface area contributed by atoms with Crippen LogP contribution in [0.1, 0.15) is 17.3 Å². The summed E-state index contributed by atoms with van der Waals surface area (Å²) < 4.78 is 6.24. The number of carbonyl (C=O) groups is 1. The first-order valence-corrected chi connectivity index (χ1v) is 8.52. The van der Waals surface area contributed by atoms with Crippen LogP contribution in [0.3, 0.4) is 0 Å². The molecule has 2 N–H and O–H groups in total. The van der Waals surface area contributed by atoms with E-state index in [1.54, 1.807) is 48.5 Å². The Morgan fingerprint density at radius 3 is 2.59 bits per heavy atom. The maximum absolute atomic E-state index is 12.7. The molecule has 1 heterocycles. The van der Waals surface area contributed by atoms with Crippen molar-refractivity contribution in [2.75, 3.05) is 11.9 Å². The zero-order chi connectivity index (χ0) is 19.4. The number of H-pyrrole nitrogens is 1. The molecule has 0 atom stereocenters. The molecule has 0 fully saturated rings. The third-order valence-electron chi connectivity index (χ3n) is 3.71. The smallest absolute Gasteiger partial charge is 0.333 e. The van der Waals surface area contributed by atoms with Crippen LogP contribution in [0.2, 0.25) is 5.02 Å². The van der Waals surface area contributed by atoms with Gasteiger partial charge in [0.15, 0.2) is 0 Å². The number of hydrogen-bond donors (Lipinski definition) is 2. The average molecular weight is 386 g/mol. The lowest BCUT2D eigenvalue weighted by Crippen LogP contribution is -2.38. The summed E-state index contributed by atoms with van der Waals surface area (Å²) in [6.45, 7) is 2.35. The third kappa shape index (κ3) is 4.09. The van der Waals surface area contributed by atoms with Crippen LogP contribution in [-0.2, 0) is 0 Å². The Labute approximate surface area is 159 Å². The van der Waals surface area contributed by atoms with Crippen molar-refractivity contribution in [2.45, 2.75) is 6.92 Å². The minimum absolute atomic E-state index is 0.205. The summed E-state index contributed by atoms with van der Waals surface area (Å²) in [5.41, 5.74) is -0.831. The van der Waals surface area contributed by atoms with E-state index in [4.69, 9.17) is 16.3 Å². The number of nitrogens with zero attached hydrogens (tertiary/aromatic N) is 1. The Bertz CT molecular complexity index is 1090. The number of ether oxygens (including phenoxy) is 1. The monoisotopic (exact) mass is 385 g/mol. The highest BCUT2D eigenvalue weighted by Gasteiger charge is 2.16. The van der Waals surface area contributed by atoms with Gasteiger partial charge in [-0.2, -0.15) is 0 Å². The Morgan fingerprint density at radius 1 is 1.19 bits per heavy atom. The number of aromatic nitrogens is 2. The van der Waals surface area contributed by atoms with Gasteiger partial charge in [0.1, 0.15) is 11.3 Å². The van der Waals surface area contributed by atoms with Crippen molar-refractivity contribution in [2.24, 2.45) is 0 Å². The molecule has 0 spiro atoms. The van der Waals surface area contributed by atoms with Gasteiger partial charge in [0.25, 0.3) is 11.5 Å². The Morgan fingerprint density at radius 2 is 1.93 bits per heavy atom. The van der Waals surface area contributed by atoms with Gasteiger partial charge in [-0.15, -0.1) is 0 Å². The predicted octanol–water partition coefficient (Wildman–Crippen LogP) is 2.83. The molecule has 0 unspecified atom stereocenters. The number of carbonyl (C=O) groups excluding carboxylic acids is 1. The van der Waals surface area contributed by atoms with Gasteiger partial charge in [0.05, 0.1) is 12.3 Å². The minimum Gasteiger partial charge on any atom is -0.494 e. The molecule has 0 aliphatic carbocycles. The quantitative estimate of drug-likeness (QED) is 0.706. The molecular weight excluding hydrogens is 370 g/mol. The lowest BCUT2D eigenvalue weighted by Gasteiger charge is -2.09. The van der Waals surface area contributed by atoms with Crippen LogP contribution in [0, 0.1) is 0 Å². The summed E-state index contributed by atoms with van der Waals surface area (Å²) in [7, 11) is 0. The molecule has 8 heteroatoms. The molecule has 0 aliphatic heterocycles. The fourth-order valence-electron chi connectivity index (χ4n) is 2.49. The third-order valence-corrected chi connectivity index (χ3v) is 3.94. The predicted molar refractivity (Wildman–Crippen MR) is 103 cm³/mol. The highest BCUT2D eigenvalue weighted by molar-refractivity contribution is 6.30. The van der Waals surface area contributed by atoms with Crippen LogP contribution in [0.25, 0.3) is 5.69 Å². The number of benzene rings is 2. The van der Waals surface area contributed by atoms with E-state index in [0.29, 0.717) is 28.8 Å². The maximum Gasteiger partial charge on any atom is 0.333 e. The molecule has 0 aliphatic rings. The molecule has 3 aromatic rings. The van der Waals surface area contributed by atoms with E-state index in [9.17, 15) is 14.4 Å². The summed E-state index contributed by atoms with van der Waals surface area (Å²) in [4.78, 5) is 39.8. The number of aromatic amines is 1. The first-order chi connectivity index (χ1) is 13.0. The van der Waals surface area contributed by atoms with Crippen molar-refractivity contribution >= 4 is 23.2 Å². The van der Waals surface area contributed by atoms with E-state index in [0.717, 1.165) is 10.8 Å². The van der Waals surface area contributed by atoms with Crippen molar-refractivity contribution in [3.63, 3.8) is 0 Å². The van der Waals surface area contributed by atoms with Gasteiger partial charge < -0.3 is 15.0 Å². The van der Waals surface area contributed by atoms with Crippen molar-refractivity contribution in [1.82, 2.24) is 9.55 Å². The summed E-state index contributed by atoms with van der Waals surface area (Å²) in [6.07, 6.45) is 1.09. The number of anilines is 1. The lowest BCUT2D eigenvalue weighted by molar-refractivity contribution is 0.102. The van der Waals surface area contributed by atoms with Gasteiger partial charge in [-0.25, -0.2) is 9.36 Å². The molecule has 2 aromatic carbocycles. The fourth-order valence-corrected chi connectivity index (χ4v) is 2.68. The van der Waals surface area contributed by atoms with Crippen molar-refractivity contribution in [1.29, 1.82) is 0 Å². The van der Waals surface area contributed by atoms with Gasteiger partial charge >= 0.3 is 5.69 Å². The first kappa shape index (κ1) is 18.5. The maximum atomic E-state index is 12.7. The molecule has 0 bridgehead atoms. The van der Waals surface area contributed by atoms with Gasteiger partial charge in [0.2, 0.25) is 0 Å². The van der Waals surface area contributed by atoms with E-state index in [1.165, 1.54) is 0 Å². The minimum atomic E-state index is -0.734. The molecule has 27 heavy (non-hydrogen) atoms. The molecule has 138 valence electrons. The van der Waals surface area contributed by atoms with Crippen molar-refractivity contribution in [3.05, 3.63) is 86.2 Å². The van der Waals surface area contributed by atoms with Crippen molar-refractivity contribution in [3.8, 4) is 11.4 Å². The molecule has 0 saturated heterocycles. The highest BCUT2D eigenvalue weighted by Crippen LogP contribution is 2.16. The molecule has 7 nitrogen and oxygen atoms in total. The Hall–Kier alpha value is -3.32. The molecular formula is C19H16ClN3O4. The summed E-state index contributed by atoms with van der Waals surface area (Å²) in [6, 6.07) is 12.9. The molecule has 1 amide bonds. The van der Waals surface area contributed by atoms with Gasteiger partial charge in [-0.05, 0) is 49.4 Å². The Balaban J connectivity index is 1.97. The second-order valence-electron chi connectivity index (χ2n) is 5.54. The average Bonchev–Trinajstić information content (AvgIpc) is 2.63. The van der Waals surface area contributed by atoms with E-state index in [1.807, 2.05) is 6.92 Å². The normalized spacial score (nSPS) is 10.4. The van der Waals surface area contributed by atoms with Crippen LogP contribution >= 0.6 is 11.6 Å². The van der Waals surface area contributed by atoms with E-state index in [2.05, 4.69) is 10.3 Å². The molecule has 0 radical (unpaired) electrons.